The standard InChI is InChI=1S/C14H15NO5S/c1-9(2)13(17)19-4-5-20-14(18)10-7-11(16)15-3-6-21-12(15)8-10/h7-8H,1,3-6H2,2H3. The lowest BCUT2D eigenvalue weighted by atomic mass is 10.2. The average molecular weight is 309 g/mol. The number of carbonyl (C=O) groups is 2. The molecule has 0 amide bonds. The SMILES string of the molecule is C=C(C)C(=O)OCCOC(=O)c1cc2n(c(=O)c1)CCS2. The quantitative estimate of drug-likeness (QED) is 0.463. The zero-order chi connectivity index (χ0) is 15.4. The minimum atomic E-state index is -0.602. The predicted molar refractivity (Wildman–Crippen MR) is 77.5 cm³/mol. The lowest BCUT2D eigenvalue weighted by molar-refractivity contribution is -0.140. The number of hydrogen-bond acceptors (Lipinski definition) is 6. The smallest absolute Gasteiger partial charge is 0.338 e. The summed E-state index contributed by atoms with van der Waals surface area (Å²) in [7, 11) is 0. The van der Waals surface area contributed by atoms with Crippen LogP contribution in [0.15, 0.2) is 34.1 Å². The van der Waals surface area contributed by atoms with Crippen LogP contribution in [-0.4, -0.2) is 35.5 Å². The van der Waals surface area contributed by atoms with E-state index in [1.807, 2.05) is 0 Å². The molecule has 0 atom stereocenters. The molecule has 0 aromatic carbocycles. The van der Waals surface area contributed by atoms with Gasteiger partial charge in [-0.25, -0.2) is 9.59 Å². The molecular formula is C14H15NO5S. The number of rotatable bonds is 5. The molecule has 0 radical (unpaired) electrons. The number of esters is 2. The second-order valence-corrected chi connectivity index (χ2v) is 5.59. The van der Waals surface area contributed by atoms with Crippen LogP contribution in [0.4, 0.5) is 0 Å². The first-order valence-electron chi connectivity index (χ1n) is 6.36. The summed E-state index contributed by atoms with van der Waals surface area (Å²) in [6.07, 6.45) is 0. The van der Waals surface area contributed by atoms with E-state index in [9.17, 15) is 14.4 Å². The van der Waals surface area contributed by atoms with Gasteiger partial charge in [0.15, 0.2) is 0 Å². The van der Waals surface area contributed by atoms with E-state index in [0.29, 0.717) is 6.54 Å². The highest BCUT2D eigenvalue weighted by molar-refractivity contribution is 7.99. The number of pyridine rings is 1. The molecule has 21 heavy (non-hydrogen) atoms. The van der Waals surface area contributed by atoms with Crippen LogP contribution in [0.3, 0.4) is 0 Å². The number of aromatic nitrogens is 1. The Balaban J connectivity index is 1.90. The van der Waals surface area contributed by atoms with Gasteiger partial charge in [-0.2, -0.15) is 0 Å². The van der Waals surface area contributed by atoms with Crippen molar-refractivity contribution < 1.29 is 19.1 Å². The fourth-order valence-electron chi connectivity index (χ4n) is 1.75. The van der Waals surface area contributed by atoms with E-state index in [2.05, 4.69) is 6.58 Å². The molecule has 0 saturated carbocycles. The van der Waals surface area contributed by atoms with Gasteiger partial charge in [-0.3, -0.25) is 4.79 Å². The van der Waals surface area contributed by atoms with Crippen molar-refractivity contribution in [3.8, 4) is 0 Å². The van der Waals surface area contributed by atoms with Crippen LogP contribution in [0.25, 0.3) is 0 Å². The molecule has 0 fully saturated rings. The fraction of sp³-hybridized carbons (Fsp3) is 0.357. The van der Waals surface area contributed by atoms with Crippen LogP contribution in [0.1, 0.15) is 17.3 Å². The van der Waals surface area contributed by atoms with Gasteiger partial charge in [0.2, 0.25) is 0 Å². The van der Waals surface area contributed by atoms with Crippen LogP contribution in [0, 0.1) is 0 Å². The van der Waals surface area contributed by atoms with Crippen LogP contribution < -0.4 is 5.56 Å². The number of carbonyl (C=O) groups excluding carboxylic acids is 2. The Bertz CT molecular complexity index is 649. The predicted octanol–water partition coefficient (Wildman–Crippen LogP) is 1.23. The van der Waals surface area contributed by atoms with E-state index >= 15 is 0 Å². The number of nitrogens with zero attached hydrogens (tertiary/aromatic N) is 1. The molecule has 0 aliphatic carbocycles. The highest BCUT2D eigenvalue weighted by Gasteiger charge is 2.17. The number of hydrogen-bond donors (Lipinski definition) is 0. The molecule has 0 unspecified atom stereocenters. The molecule has 0 spiro atoms. The third kappa shape index (κ3) is 3.75. The summed E-state index contributed by atoms with van der Waals surface area (Å²) in [6.45, 7) is 5.52. The number of fused-ring (bicyclic) bond motifs is 1. The van der Waals surface area contributed by atoms with Crippen LogP contribution in [0.2, 0.25) is 0 Å². The molecule has 112 valence electrons. The summed E-state index contributed by atoms with van der Waals surface area (Å²) in [5.41, 5.74) is 0.287. The highest BCUT2D eigenvalue weighted by atomic mass is 32.2. The normalized spacial score (nSPS) is 12.6. The third-order valence-corrected chi connectivity index (χ3v) is 3.81. The Morgan fingerprint density at radius 1 is 1.33 bits per heavy atom. The van der Waals surface area contributed by atoms with Gasteiger partial charge in [0.25, 0.3) is 5.56 Å². The van der Waals surface area contributed by atoms with Crippen molar-refractivity contribution in [2.45, 2.75) is 18.5 Å². The van der Waals surface area contributed by atoms with Gasteiger partial charge in [0.05, 0.1) is 10.6 Å². The monoisotopic (exact) mass is 309 g/mol. The van der Waals surface area contributed by atoms with Gasteiger partial charge in [-0.05, 0) is 13.0 Å². The van der Waals surface area contributed by atoms with Crippen molar-refractivity contribution >= 4 is 23.7 Å². The van der Waals surface area contributed by atoms with Gasteiger partial charge in [-0.15, -0.1) is 11.8 Å². The van der Waals surface area contributed by atoms with Crippen molar-refractivity contribution in [3.63, 3.8) is 0 Å². The summed E-state index contributed by atoms with van der Waals surface area (Å²) in [5.74, 6) is -0.308. The van der Waals surface area contributed by atoms with Crippen molar-refractivity contribution in [1.29, 1.82) is 0 Å². The second kappa shape index (κ2) is 6.62. The zero-order valence-corrected chi connectivity index (χ0v) is 12.4. The highest BCUT2D eigenvalue weighted by Crippen LogP contribution is 2.24. The Morgan fingerprint density at radius 3 is 2.76 bits per heavy atom. The van der Waals surface area contributed by atoms with E-state index in [1.54, 1.807) is 10.6 Å². The molecular weight excluding hydrogens is 294 g/mol. The van der Waals surface area contributed by atoms with Crippen molar-refractivity contribution in [2.24, 2.45) is 0 Å². The molecule has 0 N–H and O–H groups in total. The third-order valence-electron chi connectivity index (χ3n) is 2.79. The lowest BCUT2D eigenvalue weighted by Gasteiger charge is -2.07. The maximum Gasteiger partial charge on any atom is 0.338 e. The summed E-state index contributed by atoms with van der Waals surface area (Å²) in [5, 5.41) is 0.767. The average Bonchev–Trinajstić information content (AvgIpc) is 2.91. The summed E-state index contributed by atoms with van der Waals surface area (Å²) < 4.78 is 11.4. The van der Waals surface area contributed by atoms with Crippen LogP contribution in [-0.2, 0) is 20.8 Å². The van der Waals surface area contributed by atoms with Crippen molar-refractivity contribution in [3.05, 3.63) is 40.2 Å². The fourth-order valence-corrected chi connectivity index (χ4v) is 2.78. The molecule has 2 heterocycles. The molecule has 0 bridgehead atoms. The van der Waals surface area contributed by atoms with Gasteiger partial charge < -0.3 is 14.0 Å². The topological polar surface area (TPSA) is 74.6 Å². The molecule has 1 aromatic heterocycles. The number of ether oxygens (including phenoxy) is 2. The molecule has 1 aliphatic rings. The Hall–Kier alpha value is -2.02. The van der Waals surface area contributed by atoms with Crippen molar-refractivity contribution in [2.75, 3.05) is 19.0 Å². The number of thioether (sulfide) groups is 1. The van der Waals surface area contributed by atoms with E-state index in [-0.39, 0.29) is 29.9 Å². The Morgan fingerprint density at radius 2 is 2.05 bits per heavy atom. The molecule has 1 aromatic rings. The minimum absolute atomic E-state index is 0.0455. The maximum absolute atomic E-state index is 11.8. The largest absolute Gasteiger partial charge is 0.459 e. The van der Waals surface area contributed by atoms with Crippen LogP contribution in [0.5, 0.6) is 0 Å². The van der Waals surface area contributed by atoms with E-state index < -0.39 is 11.9 Å². The second-order valence-electron chi connectivity index (χ2n) is 4.47. The lowest BCUT2D eigenvalue weighted by Crippen LogP contribution is -2.21. The van der Waals surface area contributed by atoms with E-state index in [0.717, 1.165) is 10.8 Å². The Kier molecular flexibility index (Phi) is 4.85. The molecule has 6 nitrogen and oxygen atoms in total. The van der Waals surface area contributed by atoms with E-state index in [4.69, 9.17) is 9.47 Å². The van der Waals surface area contributed by atoms with Gasteiger partial charge in [-0.1, -0.05) is 6.58 Å². The van der Waals surface area contributed by atoms with Gasteiger partial charge >= 0.3 is 11.9 Å². The first-order valence-corrected chi connectivity index (χ1v) is 7.35. The van der Waals surface area contributed by atoms with E-state index in [1.165, 1.54) is 24.8 Å². The first-order chi connectivity index (χ1) is 9.99. The summed E-state index contributed by atoms with van der Waals surface area (Å²) >= 11 is 1.53. The first kappa shape index (κ1) is 15.4. The van der Waals surface area contributed by atoms with Gasteiger partial charge in [0, 0.05) is 23.9 Å². The van der Waals surface area contributed by atoms with Crippen LogP contribution >= 0.6 is 11.8 Å². The Labute approximate surface area is 125 Å². The van der Waals surface area contributed by atoms with Gasteiger partial charge in [0.1, 0.15) is 13.2 Å². The molecule has 2 rings (SSSR count). The summed E-state index contributed by atoms with van der Waals surface area (Å²) in [4.78, 5) is 34.8. The van der Waals surface area contributed by atoms with Crippen molar-refractivity contribution in [1.82, 2.24) is 4.57 Å². The molecule has 7 heteroatoms. The minimum Gasteiger partial charge on any atom is -0.459 e. The maximum atomic E-state index is 11.8. The molecule has 1 aliphatic heterocycles. The zero-order valence-electron chi connectivity index (χ0n) is 11.6. The molecule has 0 saturated heterocycles. The summed E-state index contributed by atoms with van der Waals surface area (Å²) in [6, 6.07) is 2.90.